The molecule has 0 aliphatic carbocycles. The van der Waals surface area contributed by atoms with Gasteiger partial charge in [0.1, 0.15) is 5.82 Å². The van der Waals surface area contributed by atoms with Crippen LogP contribution in [0.1, 0.15) is 45.9 Å². The third-order valence-corrected chi connectivity index (χ3v) is 4.78. The van der Waals surface area contributed by atoms with Crippen LogP contribution in [0.4, 0.5) is 0 Å². The van der Waals surface area contributed by atoms with Gasteiger partial charge in [-0.3, -0.25) is 4.90 Å². The number of likely N-dealkylation sites (N-methyl/N-ethyl adjacent to an activating group) is 1. The Hall–Kier alpha value is -0.870. The minimum Gasteiger partial charge on any atom is -0.335 e. The smallest absolute Gasteiger partial charge is 0.110 e. The van der Waals surface area contributed by atoms with Crippen LogP contribution >= 0.6 is 0 Å². The van der Waals surface area contributed by atoms with E-state index in [2.05, 4.69) is 53.8 Å². The van der Waals surface area contributed by atoms with Crippen molar-refractivity contribution in [3.05, 3.63) is 18.2 Å². The monoisotopic (exact) mass is 278 g/mol. The molecule has 1 N–H and O–H groups in total. The number of hydrogen-bond donors (Lipinski definition) is 1. The molecule has 114 valence electrons. The van der Waals surface area contributed by atoms with Crippen molar-refractivity contribution in [2.75, 3.05) is 20.1 Å². The Balaban J connectivity index is 2.09. The molecule has 0 spiro atoms. The zero-order chi connectivity index (χ0) is 14.6. The summed E-state index contributed by atoms with van der Waals surface area (Å²) in [6.07, 6.45) is 8.86. The highest BCUT2D eigenvalue weighted by Crippen LogP contribution is 2.26. The molecule has 1 saturated heterocycles. The highest BCUT2D eigenvalue weighted by atomic mass is 15.2. The molecule has 1 aromatic heterocycles. The molecule has 1 aliphatic heterocycles. The van der Waals surface area contributed by atoms with E-state index in [4.69, 9.17) is 0 Å². The highest BCUT2D eigenvalue weighted by Gasteiger charge is 2.36. The van der Waals surface area contributed by atoms with E-state index in [0.717, 1.165) is 19.4 Å². The molecule has 1 aliphatic rings. The summed E-state index contributed by atoms with van der Waals surface area (Å²) in [5.74, 6) is 1.21. The molecule has 1 fully saturated rings. The molecule has 4 heteroatoms. The quantitative estimate of drug-likeness (QED) is 0.831. The number of imidazole rings is 1. The zero-order valence-corrected chi connectivity index (χ0v) is 13.5. The molecule has 0 saturated carbocycles. The number of aromatic nitrogens is 2. The maximum Gasteiger partial charge on any atom is 0.110 e. The molecule has 2 heterocycles. The van der Waals surface area contributed by atoms with Crippen molar-refractivity contribution in [1.82, 2.24) is 19.8 Å². The van der Waals surface area contributed by atoms with E-state index in [1.165, 1.54) is 31.8 Å². The Morgan fingerprint density at radius 3 is 2.65 bits per heavy atom. The third-order valence-electron chi connectivity index (χ3n) is 4.78. The van der Waals surface area contributed by atoms with Crippen LogP contribution in [0.15, 0.2) is 12.4 Å². The molecular weight excluding hydrogens is 248 g/mol. The molecule has 1 unspecified atom stereocenters. The van der Waals surface area contributed by atoms with Crippen LogP contribution < -0.4 is 5.32 Å². The average Bonchev–Trinajstić information content (AvgIpc) is 3.08. The number of nitrogens with one attached hydrogen (secondary N) is 1. The van der Waals surface area contributed by atoms with Crippen molar-refractivity contribution in [2.24, 2.45) is 0 Å². The van der Waals surface area contributed by atoms with E-state index in [1.54, 1.807) is 0 Å². The molecule has 0 bridgehead atoms. The molecule has 0 amide bonds. The lowest BCUT2D eigenvalue weighted by Crippen LogP contribution is -2.57. The van der Waals surface area contributed by atoms with Crippen LogP contribution in [-0.2, 0) is 13.0 Å². The number of hydrogen-bond acceptors (Lipinski definition) is 3. The van der Waals surface area contributed by atoms with Gasteiger partial charge in [0, 0.05) is 36.9 Å². The van der Waals surface area contributed by atoms with E-state index in [1.807, 2.05) is 6.20 Å². The van der Waals surface area contributed by atoms with Crippen molar-refractivity contribution >= 4 is 0 Å². The lowest BCUT2D eigenvalue weighted by molar-refractivity contribution is 0.109. The van der Waals surface area contributed by atoms with Gasteiger partial charge in [-0.05, 0) is 53.2 Å². The minimum absolute atomic E-state index is 0.175. The Morgan fingerprint density at radius 1 is 1.35 bits per heavy atom. The fourth-order valence-electron chi connectivity index (χ4n) is 3.38. The molecule has 2 rings (SSSR count). The van der Waals surface area contributed by atoms with Gasteiger partial charge in [-0.15, -0.1) is 0 Å². The van der Waals surface area contributed by atoms with Crippen molar-refractivity contribution in [2.45, 2.75) is 64.6 Å². The Bertz CT molecular complexity index is 404. The second-order valence-corrected chi connectivity index (χ2v) is 6.43. The van der Waals surface area contributed by atoms with Gasteiger partial charge in [0.05, 0.1) is 0 Å². The van der Waals surface area contributed by atoms with Crippen molar-refractivity contribution in [1.29, 1.82) is 0 Å². The van der Waals surface area contributed by atoms with Crippen molar-refractivity contribution in [3.8, 4) is 0 Å². The summed E-state index contributed by atoms with van der Waals surface area (Å²) < 4.78 is 2.30. The van der Waals surface area contributed by atoms with Gasteiger partial charge in [-0.1, -0.05) is 6.92 Å². The normalized spacial score (nSPS) is 18.6. The maximum absolute atomic E-state index is 4.57. The summed E-state index contributed by atoms with van der Waals surface area (Å²) in [4.78, 5) is 7.19. The third kappa shape index (κ3) is 3.23. The predicted octanol–water partition coefficient (Wildman–Crippen LogP) is 2.30. The number of aryl methyl sites for hydroxylation is 1. The average molecular weight is 278 g/mol. The lowest BCUT2D eigenvalue weighted by atomic mass is 9.90. The van der Waals surface area contributed by atoms with Gasteiger partial charge in [-0.25, -0.2) is 4.98 Å². The van der Waals surface area contributed by atoms with Gasteiger partial charge in [0.25, 0.3) is 0 Å². The molecule has 4 nitrogen and oxygen atoms in total. The van der Waals surface area contributed by atoms with Crippen LogP contribution in [-0.4, -0.2) is 46.2 Å². The Kier molecular flexibility index (Phi) is 5.22. The van der Waals surface area contributed by atoms with Gasteiger partial charge in [0.2, 0.25) is 0 Å². The first-order chi connectivity index (χ1) is 9.59. The van der Waals surface area contributed by atoms with Crippen LogP contribution in [0.3, 0.4) is 0 Å². The molecular formula is C16H30N4. The zero-order valence-electron chi connectivity index (χ0n) is 13.5. The first-order valence-corrected chi connectivity index (χ1v) is 8.02. The highest BCUT2D eigenvalue weighted by molar-refractivity contribution is 5.03. The summed E-state index contributed by atoms with van der Waals surface area (Å²) in [6, 6.07) is 0.429. The number of likely N-dealkylation sites (tertiary alicyclic amines) is 1. The van der Waals surface area contributed by atoms with E-state index in [-0.39, 0.29) is 5.54 Å². The van der Waals surface area contributed by atoms with E-state index >= 15 is 0 Å². The molecule has 1 aromatic rings. The molecule has 0 radical (unpaired) electrons. The van der Waals surface area contributed by atoms with Crippen LogP contribution in [0.2, 0.25) is 0 Å². The van der Waals surface area contributed by atoms with E-state index in [0.29, 0.717) is 6.04 Å². The number of nitrogens with zero attached hydrogens (tertiary/aromatic N) is 3. The van der Waals surface area contributed by atoms with E-state index < -0.39 is 0 Å². The van der Waals surface area contributed by atoms with Crippen LogP contribution in [0.5, 0.6) is 0 Å². The summed E-state index contributed by atoms with van der Waals surface area (Å²) in [6.45, 7) is 10.5. The Labute approximate surface area is 123 Å². The fraction of sp³-hybridized carbons (Fsp3) is 0.812. The maximum atomic E-state index is 4.57. The summed E-state index contributed by atoms with van der Waals surface area (Å²) in [5, 5.41) is 3.53. The summed E-state index contributed by atoms with van der Waals surface area (Å²) in [5.41, 5.74) is 0.175. The number of rotatable bonds is 7. The lowest BCUT2D eigenvalue weighted by Gasteiger charge is -2.42. The van der Waals surface area contributed by atoms with Gasteiger partial charge < -0.3 is 9.88 Å². The van der Waals surface area contributed by atoms with Crippen LogP contribution in [0.25, 0.3) is 0 Å². The first-order valence-electron chi connectivity index (χ1n) is 8.02. The SMILES string of the molecule is CCCn1ccnc1CC(NC)C(C)(C)N1CCCC1. The minimum atomic E-state index is 0.175. The van der Waals surface area contributed by atoms with Crippen molar-refractivity contribution in [3.63, 3.8) is 0 Å². The van der Waals surface area contributed by atoms with Gasteiger partial charge in [0.15, 0.2) is 0 Å². The Morgan fingerprint density at radius 2 is 2.05 bits per heavy atom. The van der Waals surface area contributed by atoms with E-state index in [9.17, 15) is 0 Å². The molecule has 0 aromatic carbocycles. The van der Waals surface area contributed by atoms with Gasteiger partial charge in [-0.2, -0.15) is 0 Å². The second-order valence-electron chi connectivity index (χ2n) is 6.43. The molecule has 20 heavy (non-hydrogen) atoms. The van der Waals surface area contributed by atoms with Crippen molar-refractivity contribution < 1.29 is 0 Å². The predicted molar refractivity (Wildman–Crippen MR) is 84.0 cm³/mol. The van der Waals surface area contributed by atoms with Crippen LogP contribution in [0, 0.1) is 0 Å². The van der Waals surface area contributed by atoms with Gasteiger partial charge >= 0.3 is 0 Å². The molecule has 1 atom stereocenters. The fourth-order valence-corrected chi connectivity index (χ4v) is 3.38. The summed E-state index contributed by atoms with van der Waals surface area (Å²) >= 11 is 0. The standard InChI is InChI=1S/C16H30N4/c1-5-9-19-12-8-18-15(19)13-14(17-4)16(2,3)20-10-6-7-11-20/h8,12,14,17H,5-7,9-11,13H2,1-4H3. The summed E-state index contributed by atoms with van der Waals surface area (Å²) in [7, 11) is 2.08. The first kappa shape index (κ1) is 15.5. The topological polar surface area (TPSA) is 33.1 Å². The second kappa shape index (κ2) is 6.72. The largest absolute Gasteiger partial charge is 0.335 e.